The second-order valence-electron chi connectivity index (χ2n) is 1.93. The van der Waals surface area contributed by atoms with Gasteiger partial charge in [0.1, 0.15) is 6.10 Å². The van der Waals surface area contributed by atoms with Crippen molar-refractivity contribution >= 4 is 11.1 Å². The van der Waals surface area contributed by atoms with Crippen LogP contribution in [0.25, 0.3) is 0 Å². The molecule has 0 bridgehead atoms. The van der Waals surface area contributed by atoms with Crippen molar-refractivity contribution < 1.29 is 8.39 Å². The van der Waals surface area contributed by atoms with Gasteiger partial charge in [0.15, 0.2) is 11.1 Å². The summed E-state index contributed by atoms with van der Waals surface area (Å²) >= 11 is -1.27. The Morgan fingerprint density at radius 3 is 2.60 bits per heavy atom. The lowest BCUT2D eigenvalue weighted by Crippen LogP contribution is -2.12. The van der Waals surface area contributed by atoms with Gasteiger partial charge in [-0.15, -0.1) is 12.8 Å². The highest BCUT2D eigenvalue weighted by Crippen LogP contribution is 2.18. The number of hydrogen-bond acceptors (Lipinski definition) is 2. The van der Waals surface area contributed by atoms with Crippen LogP contribution in [-0.2, 0) is 15.3 Å². The van der Waals surface area contributed by atoms with Crippen molar-refractivity contribution in [1.82, 2.24) is 0 Å². The molecule has 2 nitrogen and oxygen atoms in total. The van der Waals surface area contributed by atoms with Crippen LogP contribution in [0.1, 0.15) is 0 Å². The first kappa shape index (κ1) is 7.34. The molecule has 10 heavy (non-hydrogen) atoms. The number of terminal acetylenes is 2. The van der Waals surface area contributed by atoms with Gasteiger partial charge in [-0.05, 0) is 0 Å². The molecule has 3 unspecified atom stereocenters. The Hall–Kier alpha value is -0.770. The predicted octanol–water partition coefficient (Wildman–Crippen LogP) is -0.0685. The van der Waals surface area contributed by atoms with Gasteiger partial charge in [0, 0.05) is 0 Å². The molecule has 0 aromatic rings. The summed E-state index contributed by atoms with van der Waals surface area (Å²) in [4.78, 5) is 0. The van der Waals surface area contributed by atoms with Gasteiger partial charge in [0.25, 0.3) is 0 Å². The third-order valence-electron chi connectivity index (χ3n) is 1.27. The van der Waals surface area contributed by atoms with E-state index in [4.69, 9.17) is 17.0 Å². The Labute approximate surface area is 62.6 Å². The third-order valence-corrected chi connectivity index (χ3v) is 2.32. The molecule has 1 heterocycles. The van der Waals surface area contributed by atoms with Crippen molar-refractivity contribution in [2.45, 2.75) is 6.10 Å². The second-order valence-corrected chi connectivity index (χ2v) is 3.06. The standard InChI is InChI=1S/C7H6O2S/c1-3-6-5-10(8)9-7(6)4-2/h1-2,6-7H,5H2. The summed E-state index contributed by atoms with van der Waals surface area (Å²) in [5.41, 5.74) is 0. The molecule has 1 aliphatic heterocycles. The van der Waals surface area contributed by atoms with E-state index in [1.165, 1.54) is 0 Å². The summed E-state index contributed by atoms with van der Waals surface area (Å²) in [6, 6.07) is 0. The summed E-state index contributed by atoms with van der Waals surface area (Å²) in [5.74, 6) is 4.96. The zero-order chi connectivity index (χ0) is 7.56. The molecule has 0 amide bonds. The maximum Gasteiger partial charge on any atom is 0.158 e. The molecular weight excluding hydrogens is 148 g/mol. The highest BCUT2D eigenvalue weighted by molar-refractivity contribution is 7.80. The molecule has 1 rings (SSSR count). The Morgan fingerprint density at radius 2 is 2.20 bits per heavy atom. The third kappa shape index (κ3) is 1.21. The lowest BCUT2D eigenvalue weighted by atomic mass is 10.1. The van der Waals surface area contributed by atoms with E-state index >= 15 is 0 Å². The van der Waals surface area contributed by atoms with Crippen LogP contribution in [0, 0.1) is 30.6 Å². The maximum absolute atomic E-state index is 10.7. The van der Waals surface area contributed by atoms with Crippen LogP contribution in [-0.4, -0.2) is 16.1 Å². The van der Waals surface area contributed by atoms with Crippen molar-refractivity contribution in [1.29, 1.82) is 0 Å². The highest BCUT2D eigenvalue weighted by Gasteiger charge is 2.30. The topological polar surface area (TPSA) is 26.3 Å². The molecule has 1 fully saturated rings. The molecule has 0 aromatic heterocycles. The molecule has 0 N–H and O–H groups in total. The molecule has 52 valence electrons. The van der Waals surface area contributed by atoms with Crippen molar-refractivity contribution in [3.8, 4) is 24.7 Å². The zero-order valence-corrected chi connectivity index (χ0v) is 6.06. The van der Waals surface area contributed by atoms with E-state index in [9.17, 15) is 4.21 Å². The lowest BCUT2D eigenvalue weighted by Gasteiger charge is -2.00. The van der Waals surface area contributed by atoms with Gasteiger partial charge in [-0.25, -0.2) is 4.21 Å². The predicted molar refractivity (Wildman–Crippen MR) is 39.0 cm³/mol. The summed E-state index contributed by atoms with van der Waals surface area (Å²) in [6.45, 7) is 0. The van der Waals surface area contributed by atoms with Crippen molar-refractivity contribution in [2.75, 3.05) is 5.75 Å². The Bertz CT molecular complexity index is 209. The number of rotatable bonds is 0. The van der Waals surface area contributed by atoms with Crippen LogP contribution in [0.4, 0.5) is 0 Å². The summed E-state index contributed by atoms with van der Waals surface area (Å²) in [7, 11) is 0. The Balaban J connectivity index is 2.71. The fraction of sp³-hybridized carbons (Fsp3) is 0.429. The van der Waals surface area contributed by atoms with E-state index in [-0.39, 0.29) is 5.92 Å². The first-order valence-electron chi connectivity index (χ1n) is 2.75. The summed E-state index contributed by atoms with van der Waals surface area (Å²) in [5, 5.41) is 0. The highest BCUT2D eigenvalue weighted by atomic mass is 32.2. The monoisotopic (exact) mass is 154 g/mol. The molecule has 0 saturated carbocycles. The first-order chi connectivity index (χ1) is 4.77. The van der Waals surface area contributed by atoms with Crippen LogP contribution in [0.2, 0.25) is 0 Å². The van der Waals surface area contributed by atoms with E-state index < -0.39 is 17.2 Å². The zero-order valence-electron chi connectivity index (χ0n) is 5.24. The van der Waals surface area contributed by atoms with E-state index in [1.807, 2.05) is 0 Å². The minimum Gasteiger partial charge on any atom is -0.273 e. The molecule has 3 heteroatoms. The van der Waals surface area contributed by atoms with Gasteiger partial charge < -0.3 is 0 Å². The van der Waals surface area contributed by atoms with Gasteiger partial charge in [-0.1, -0.05) is 11.8 Å². The van der Waals surface area contributed by atoms with E-state index in [1.54, 1.807) is 0 Å². The van der Waals surface area contributed by atoms with Crippen molar-refractivity contribution in [3.05, 3.63) is 0 Å². The van der Waals surface area contributed by atoms with Crippen LogP contribution < -0.4 is 0 Å². The maximum atomic E-state index is 10.7. The fourth-order valence-corrected chi connectivity index (χ4v) is 1.80. The van der Waals surface area contributed by atoms with E-state index in [2.05, 4.69) is 11.8 Å². The molecule has 1 saturated heterocycles. The largest absolute Gasteiger partial charge is 0.273 e. The Morgan fingerprint density at radius 1 is 1.50 bits per heavy atom. The number of hydrogen-bond donors (Lipinski definition) is 0. The van der Waals surface area contributed by atoms with Gasteiger partial charge >= 0.3 is 0 Å². The molecule has 3 atom stereocenters. The summed E-state index contributed by atoms with van der Waals surface area (Å²) in [6.07, 6.45) is 9.71. The molecule has 0 aliphatic carbocycles. The van der Waals surface area contributed by atoms with Crippen LogP contribution in [0.3, 0.4) is 0 Å². The van der Waals surface area contributed by atoms with Crippen molar-refractivity contribution in [3.63, 3.8) is 0 Å². The fourth-order valence-electron chi connectivity index (χ4n) is 0.735. The molecule has 0 aromatic carbocycles. The smallest absolute Gasteiger partial charge is 0.158 e. The van der Waals surface area contributed by atoms with Crippen LogP contribution >= 0.6 is 0 Å². The molecule has 0 spiro atoms. The second kappa shape index (κ2) is 2.88. The SMILES string of the molecule is C#CC1CS(=O)OC1C#C. The molecule has 1 aliphatic rings. The normalized spacial score (nSPS) is 38.4. The summed E-state index contributed by atoms with van der Waals surface area (Å²) < 4.78 is 15.5. The van der Waals surface area contributed by atoms with Gasteiger partial charge in [0.05, 0.1) is 11.7 Å². The lowest BCUT2D eigenvalue weighted by molar-refractivity contribution is 0.287. The minimum absolute atomic E-state index is 0.175. The minimum atomic E-state index is -1.27. The Kier molecular flexibility index (Phi) is 2.11. The quantitative estimate of drug-likeness (QED) is 0.457. The first-order valence-corrected chi connectivity index (χ1v) is 4.00. The van der Waals surface area contributed by atoms with Crippen molar-refractivity contribution in [2.24, 2.45) is 5.92 Å². The van der Waals surface area contributed by atoms with E-state index in [0.29, 0.717) is 5.75 Å². The van der Waals surface area contributed by atoms with Gasteiger partial charge in [0.2, 0.25) is 0 Å². The van der Waals surface area contributed by atoms with Gasteiger partial charge in [-0.2, -0.15) is 0 Å². The van der Waals surface area contributed by atoms with E-state index in [0.717, 1.165) is 0 Å². The van der Waals surface area contributed by atoms with Crippen LogP contribution in [0.15, 0.2) is 0 Å². The molecule has 0 radical (unpaired) electrons. The molecular formula is C7H6O2S. The average molecular weight is 154 g/mol. The van der Waals surface area contributed by atoms with Crippen LogP contribution in [0.5, 0.6) is 0 Å². The van der Waals surface area contributed by atoms with Gasteiger partial charge in [-0.3, -0.25) is 4.18 Å². The average Bonchev–Trinajstić information content (AvgIpc) is 2.30.